The van der Waals surface area contributed by atoms with Crippen LogP contribution in [-0.4, -0.2) is 22.0 Å². The summed E-state index contributed by atoms with van der Waals surface area (Å²) in [5, 5.41) is 6.82. The molecular weight excluding hydrogens is 320 g/mol. The first kappa shape index (κ1) is 16.4. The molecule has 0 bridgehead atoms. The van der Waals surface area contributed by atoms with Crippen LogP contribution in [0.2, 0.25) is 0 Å². The van der Waals surface area contributed by atoms with Crippen molar-refractivity contribution in [2.24, 2.45) is 0 Å². The number of aryl methyl sites for hydroxylation is 2. The fourth-order valence-corrected chi connectivity index (χ4v) is 2.64. The Labute approximate surface area is 143 Å². The molecule has 0 saturated carbocycles. The van der Waals surface area contributed by atoms with Gasteiger partial charge in [-0.15, -0.1) is 0 Å². The summed E-state index contributed by atoms with van der Waals surface area (Å²) in [5.41, 5.74) is 6.67. The standard InChI is InChI=1S/C18H16N4O3/c1-10-7-11(2)9-12(8-10)16(23)20-22-18(25)15-13-5-3-4-6-14(13)17(24)21-19-15/h3-9H,1-2H3,(H,20,23)(H,21,24)(H,22,25). The fourth-order valence-electron chi connectivity index (χ4n) is 2.64. The van der Waals surface area contributed by atoms with E-state index in [2.05, 4.69) is 21.0 Å². The summed E-state index contributed by atoms with van der Waals surface area (Å²) in [6.45, 7) is 3.78. The van der Waals surface area contributed by atoms with E-state index in [1.165, 1.54) is 0 Å². The predicted molar refractivity (Wildman–Crippen MR) is 93.2 cm³/mol. The summed E-state index contributed by atoms with van der Waals surface area (Å²) in [6, 6.07) is 12.0. The smallest absolute Gasteiger partial charge is 0.267 e. The van der Waals surface area contributed by atoms with Crippen molar-refractivity contribution in [1.82, 2.24) is 21.0 Å². The van der Waals surface area contributed by atoms with Gasteiger partial charge in [0.2, 0.25) is 0 Å². The minimum absolute atomic E-state index is 0.0240. The van der Waals surface area contributed by atoms with Gasteiger partial charge in [0.25, 0.3) is 17.4 Å². The molecule has 3 N–H and O–H groups in total. The van der Waals surface area contributed by atoms with Gasteiger partial charge in [-0.1, -0.05) is 35.4 Å². The molecule has 2 aromatic carbocycles. The van der Waals surface area contributed by atoms with Gasteiger partial charge in [0, 0.05) is 10.9 Å². The Balaban J connectivity index is 1.80. The maximum atomic E-state index is 12.3. The molecule has 0 aliphatic heterocycles. The van der Waals surface area contributed by atoms with Crippen LogP contribution in [0.15, 0.2) is 47.3 Å². The number of carbonyl (C=O) groups is 2. The van der Waals surface area contributed by atoms with Gasteiger partial charge in [-0.05, 0) is 32.0 Å². The van der Waals surface area contributed by atoms with E-state index in [4.69, 9.17) is 0 Å². The molecule has 7 heteroatoms. The zero-order chi connectivity index (χ0) is 18.0. The molecule has 1 aromatic heterocycles. The average Bonchev–Trinajstić information content (AvgIpc) is 2.59. The molecule has 1 heterocycles. The summed E-state index contributed by atoms with van der Waals surface area (Å²) in [6.07, 6.45) is 0. The second kappa shape index (κ2) is 6.56. The van der Waals surface area contributed by atoms with E-state index >= 15 is 0 Å². The van der Waals surface area contributed by atoms with Crippen molar-refractivity contribution in [3.05, 3.63) is 75.2 Å². The molecule has 2 amide bonds. The maximum absolute atomic E-state index is 12.3. The zero-order valence-corrected chi connectivity index (χ0v) is 13.7. The second-order valence-corrected chi connectivity index (χ2v) is 5.73. The van der Waals surface area contributed by atoms with Gasteiger partial charge in [0.05, 0.1) is 5.39 Å². The second-order valence-electron chi connectivity index (χ2n) is 5.73. The molecule has 0 aliphatic rings. The van der Waals surface area contributed by atoms with Gasteiger partial charge in [-0.2, -0.15) is 5.10 Å². The number of nitrogens with one attached hydrogen (secondary N) is 3. The Morgan fingerprint density at radius 2 is 1.52 bits per heavy atom. The number of aromatic amines is 1. The lowest BCUT2D eigenvalue weighted by Gasteiger charge is -2.09. The molecule has 3 aromatic rings. The fraction of sp³-hybridized carbons (Fsp3) is 0.111. The lowest BCUT2D eigenvalue weighted by atomic mass is 10.1. The summed E-state index contributed by atoms with van der Waals surface area (Å²) >= 11 is 0. The molecular formula is C18H16N4O3. The molecule has 0 atom stereocenters. The van der Waals surface area contributed by atoms with Crippen molar-refractivity contribution in [1.29, 1.82) is 0 Å². The highest BCUT2D eigenvalue weighted by atomic mass is 16.2. The number of benzene rings is 2. The van der Waals surface area contributed by atoms with Crippen LogP contribution in [0.3, 0.4) is 0 Å². The van der Waals surface area contributed by atoms with Crippen molar-refractivity contribution in [2.75, 3.05) is 0 Å². The van der Waals surface area contributed by atoms with Gasteiger partial charge in [0.15, 0.2) is 5.69 Å². The van der Waals surface area contributed by atoms with E-state index < -0.39 is 11.8 Å². The molecule has 0 spiro atoms. The van der Waals surface area contributed by atoms with Crippen LogP contribution < -0.4 is 16.4 Å². The van der Waals surface area contributed by atoms with Gasteiger partial charge in [-0.3, -0.25) is 25.2 Å². The van der Waals surface area contributed by atoms with Crippen LogP contribution in [0.1, 0.15) is 32.0 Å². The van der Waals surface area contributed by atoms with Crippen LogP contribution in [-0.2, 0) is 0 Å². The molecule has 0 unspecified atom stereocenters. The zero-order valence-electron chi connectivity index (χ0n) is 13.7. The third-order valence-electron chi connectivity index (χ3n) is 3.68. The normalized spacial score (nSPS) is 10.5. The number of carbonyl (C=O) groups excluding carboxylic acids is 2. The van der Waals surface area contributed by atoms with Gasteiger partial charge >= 0.3 is 0 Å². The number of hydrogen-bond donors (Lipinski definition) is 3. The summed E-state index contributed by atoms with van der Waals surface area (Å²) in [5.74, 6) is -1.06. The SMILES string of the molecule is Cc1cc(C)cc(C(=O)NNC(=O)c2n[nH]c(=O)c3ccccc23)c1. The maximum Gasteiger partial charge on any atom is 0.290 e. The van der Waals surface area contributed by atoms with Crippen LogP contribution in [0.4, 0.5) is 0 Å². The molecule has 0 saturated heterocycles. The highest BCUT2D eigenvalue weighted by Crippen LogP contribution is 2.12. The summed E-state index contributed by atoms with van der Waals surface area (Å²) < 4.78 is 0. The lowest BCUT2D eigenvalue weighted by molar-refractivity contribution is 0.0844. The van der Waals surface area contributed by atoms with Crippen molar-refractivity contribution >= 4 is 22.6 Å². The molecule has 25 heavy (non-hydrogen) atoms. The van der Waals surface area contributed by atoms with E-state index in [0.29, 0.717) is 16.3 Å². The van der Waals surface area contributed by atoms with Crippen LogP contribution >= 0.6 is 0 Å². The quantitative estimate of drug-likeness (QED) is 0.619. The minimum Gasteiger partial charge on any atom is -0.267 e. The predicted octanol–water partition coefficient (Wildman–Crippen LogP) is 1.61. The van der Waals surface area contributed by atoms with E-state index in [9.17, 15) is 14.4 Å². The first-order chi connectivity index (χ1) is 12.0. The van der Waals surface area contributed by atoms with Crippen LogP contribution in [0.25, 0.3) is 10.8 Å². The number of fused-ring (bicyclic) bond motifs is 1. The molecule has 0 radical (unpaired) electrons. The van der Waals surface area contributed by atoms with E-state index in [1.54, 1.807) is 36.4 Å². The number of hydrazine groups is 1. The van der Waals surface area contributed by atoms with Gasteiger partial charge in [0.1, 0.15) is 0 Å². The number of amides is 2. The first-order valence-electron chi connectivity index (χ1n) is 7.62. The number of rotatable bonds is 2. The van der Waals surface area contributed by atoms with Crippen LogP contribution in [0, 0.1) is 13.8 Å². The molecule has 7 nitrogen and oxygen atoms in total. The van der Waals surface area contributed by atoms with Crippen LogP contribution in [0.5, 0.6) is 0 Å². The molecule has 3 rings (SSSR count). The van der Waals surface area contributed by atoms with E-state index in [-0.39, 0.29) is 11.3 Å². The third-order valence-corrected chi connectivity index (χ3v) is 3.68. The molecule has 0 fully saturated rings. The van der Waals surface area contributed by atoms with Gasteiger partial charge < -0.3 is 0 Å². The largest absolute Gasteiger partial charge is 0.290 e. The van der Waals surface area contributed by atoms with Crippen molar-refractivity contribution < 1.29 is 9.59 Å². The molecule has 0 aliphatic carbocycles. The Morgan fingerprint density at radius 3 is 2.20 bits per heavy atom. The van der Waals surface area contributed by atoms with E-state index in [1.807, 2.05) is 19.9 Å². The Kier molecular flexibility index (Phi) is 4.30. The molecule has 126 valence electrons. The highest BCUT2D eigenvalue weighted by Gasteiger charge is 2.15. The summed E-state index contributed by atoms with van der Waals surface area (Å²) in [4.78, 5) is 36.3. The third kappa shape index (κ3) is 3.40. The number of nitrogens with zero attached hydrogens (tertiary/aromatic N) is 1. The lowest BCUT2D eigenvalue weighted by Crippen LogP contribution is -2.42. The van der Waals surface area contributed by atoms with Crippen molar-refractivity contribution in [2.45, 2.75) is 13.8 Å². The summed E-state index contributed by atoms with van der Waals surface area (Å²) in [7, 11) is 0. The van der Waals surface area contributed by atoms with Gasteiger partial charge in [-0.25, -0.2) is 5.10 Å². The highest BCUT2D eigenvalue weighted by molar-refractivity contribution is 6.05. The Hall–Kier alpha value is -3.48. The Bertz CT molecular complexity index is 1020. The topological polar surface area (TPSA) is 104 Å². The first-order valence-corrected chi connectivity index (χ1v) is 7.62. The minimum atomic E-state index is -0.620. The number of hydrogen-bond acceptors (Lipinski definition) is 4. The monoisotopic (exact) mass is 336 g/mol. The average molecular weight is 336 g/mol. The number of aromatic nitrogens is 2. The van der Waals surface area contributed by atoms with Crippen molar-refractivity contribution in [3.63, 3.8) is 0 Å². The Morgan fingerprint density at radius 1 is 0.920 bits per heavy atom. The van der Waals surface area contributed by atoms with Crippen molar-refractivity contribution in [3.8, 4) is 0 Å². The number of H-pyrrole nitrogens is 1. The van der Waals surface area contributed by atoms with E-state index in [0.717, 1.165) is 11.1 Å².